The van der Waals surface area contributed by atoms with E-state index in [0.29, 0.717) is 18.9 Å². The van der Waals surface area contributed by atoms with Gasteiger partial charge in [-0.05, 0) is 49.3 Å². The Morgan fingerprint density at radius 1 is 1.24 bits per heavy atom. The van der Waals surface area contributed by atoms with Gasteiger partial charge in [-0.1, -0.05) is 13.0 Å². The van der Waals surface area contributed by atoms with E-state index in [1.54, 1.807) is 19.2 Å². The Morgan fingerprint density at radius 3 is 2.67 bits per heavy atom. The Labute approximate surface area is 126 Å². The number of methoxy groups -OCH3 is 1. The molecule has 0 aliphatic heterocycles. The van der Waals surface area contributed by atoms with Gasteiger partial charge in [-0.25, -0.2) is 4.39 Å². The van der Waals surface area contributed by atoms with Gasteiger partial charge in [0, 0.05) is 20.2 Å². The molecule has 0 heterocycles. The summed E-state index contributed by atoms with van der Waals surface area (Å²) in [6.45, 7) is 4.32. The van der Waals surface area contributed by atoms with Crippen molar-refractivity contribution >= 4 is 0 Å². The molecular formula is C17H26FNO2. The van der Waals surface area contributed by atoms with Gasteiger partial charge < -0.3 is 14.8 Å². The maximum absolute atomic E-state index is 14.1. The summed E-state index contributed by atoms with van der Waals surface area (Å²) in [5.74, 6) is 0.894. The number of halogens is 1. The number of nitrogens with one attached hydrogen (secondary N) is 1. The van der Waals surface area contributed by atoms with E-state index in [-0.39, 0.29) is 11.9 Å². The zero-order valence-electron chi connectivity index (χ0n) is 13.0. The molecule has 1 N–H and O–H groups in total. The summed E-state index contributed by atoms with van der Waals surface area (Å²) in [7, 11) is 1.67. The minimum atomic E-state index is -0.264. The Balaban J connectivity index is 1.84. The third-order valence-corrected chi connectivity index (χ3v) is 4.06. The molecule has 1 aliphatic carbocycles. The fraction of sp³-hybridized carbons (Fsp3) is 0.647. The molecule has 0 atom stereocenters. The van der Waals surface area contributed by atoms with Crippen LogP contribution in [0.2, 0.25) is 0 Å². The normalized spacial score (nSPS) is 22.2. The van der Waals surface area contributed by atoms with Gasteiger partial charge in [0.2, 0.25) is 0 Å². The molecular weight excluding hydrogens is 269 g/mol. The van der Waals surface area contributed by atoms with Crippen LogP contribution in [0.15, 0.2) is 18.2 Å². The average molecular weight is 295 g/mol. The molecule has 4 heteroatoms. The van der Waals surface area contributed by atoms with Crippen LogP contribution in [0.4, 0.5) is 4.39 Å². The summed E-state index contributed by atoms with van der Waals surface area (Å²) in [5.41, 5.74) is 0.924. The third-order valence-electron chi connectivity index (χ3n) is 4.06. The lowest BCUT2D eigenvalue weighted by molar-refractivity contribution is 0.130. The number of benzene rings is 1. The van der Waals surface area contributed by atoms with E-state index in [4.69, 9.17) is 9.47 Å². The van der Waals surface area contributed by atoms with Gasteiger partial charge in [-0.2, -0.15) is 0 Å². The predicted molar refractivity (Wildman–Crippen MR) is 82.0 cm³/mol. The summed E-state index contributed by atoms with van der Waals surface area (Å²) in [6.07, 6.45) is 4.57. The van der Waals surface area contributed by atoms with Crippen molar-refractivity contribution in [1.29, 1.82) is 0 Å². The van der Waals surface area contributed by atoms with Gasteiger partial charge in [0.15, 0.2) is 11.6 Å². The maximum atomic E-state index is 14.1. The number of hydrogen-bond acceptors (Lipinski definition) is 3. The molecule has 1 fully saturated rings. The standard InChI is InChI=1S/C17H26FNO2/c1-13-3-6-15(7-4-13)21-17-8-5-14(11-16(17)18)12-19-9-10-20-2/h5,8,11,13,15,19H,3-4,6-7,9-10,12H2,1-2H3. The molecule has 0 bridgehead atoms. The molecule has 118 valence electrons. The SMILES string of the molecule is COCCNCc1ccc(OC2CCC(C)CC2)c(F)c1. The van der Waals surface area contributed by atoms with Gasteiger partial charge in [0.25, 0.3) is 0 Å². The van der Waals surface area contributed by atoms with E-state index in [2.05, 4.69) is 12.2 Å². The van der Waals surface area contributed by atoms with E-state index < -0.39 is 0 Å². The lowest BCUT2D eigenvalue weighted by atomic mass is 9.89. The molecule has 1 saturated carbocycles. The van der Waals surface area contributed by atoms with Crippen LogP contribution >= 0.6 is 0 Å². The smallest absolute Gasteiger partial charge is 0.165 e. The number of hydrogen-bond donors (Lipinski definition) is 1. The molecule has 0 amide bonds. The molecule has 0 spiro atoms. The summed E-state index contributed by atoms with van der Waals surface area (Å²) in [5, 5.41) is 3.20. The second-order valence-electron chi connectivity index (χ2n) is 5.93. The van der Waals surface area contributed by atoms with Crippen molar-refractivity contribution in [3.05, 3.63) is 29.6 Å². The molecule has 1 aromatic rings. The quantitative estimate of drug-likeness (QED) is 0.781. The summed E-state index contributed by atoms with van der Waals surface area (Å²) in [4.78, 5) is 0. The van der Waals surface area contributed by atoms with Crippen LogP contribution in [0.5, 0.6) is 5.75 Å². The molecule has 1 aliphatic rings. The Bertz CT molecular complexity index is 431. The zero-order chi connectivity index (χ0) is 15.1. The van der Waals surface area contributed by atoms with Gasteiger partial charge >= 0.3 is 0 Å². The first-order chi connectivity index (χ1) is 10.2. The second kappa shape index (κ2) is 8.35. The van der Waals surface area contributed by atoms with Crippen LogP contribution in [0.1, 0.15) is 38.2 Å². The predicted octanol–water partition coefficient (Wildman–Crippen LogP) is 3.52. The van der Waals surface area contributed by atoms with Crippen molar-refractivity contribution in [2.45, 2.75) is 45.3 Å². The fourth-order valence-electron chi connectivity index (χ4n) is 2.68. The highest BCUT2D eigenvalue weighted by Gasteiger charge is 2.20. The first-order valence-corrected chi connectivity index (χ1v) is 7.83. The Kier molecular flexibility index (Phi) is 6.46. The van der Waals surface area contributed by atoms with Crippen molar-refractivity contribution in [2.24, 2.45) is 5.92 Å². The van der Waals surface area contributed by atoms with Crippen LogP contribution in [-0.4, -0.2) is 26.4 Å². The lowest BCUT2D eigenvalue weighted by Crippen LogP contribution is -2.23. The molecule has 0 radical (unpaired) electrons. The molecule has 2 rings (SSSR count). The van der Waals surface area contributed by atoms with Crippen LogP contribution in [0, 0.1) is 11.7 Å². The fourth-order valence-corrected chi connectivity index (χ4v) is 2.68. The van der Waals surface area contributed by atoms with Crippen LogP contribution < -0.4 is 10.1 Å². The third kappa shape index (κ3) is 5.29. The summed E-state index contributed by atoms with van der Waals surface area (Å²) in [6, 6.07) is 5.23. The van der Waals surface area contributed by atoms with Crippen LogP contribution in [0.25, 0.3) is 0 Å². The van der Waals surface area contributed by atoms with Gasteiger partial charge in [-0.15, -0.1) is 0 Å². The van der Waals surface area contributed by atoms with Gasteiger partial charge in [0.05, 0.1) is 12.7 Å². The van der Waals surface area contributed by atoms with Crippen LogP contribution in [-0.2, 0) is 11.3 Å². The van der Waals surface area contributed by atoms with Crippen LogP contribution in [0.3, 0.4) is 0 Å². The van der Waals surface area contributed by atoms with Crippen molar-refractivity contribution < 1.29 is 13.9 Å². The molecule has 0 aromatic heterocycles. The van der Waals surface area contributed by atoms with E-state index in [0.717, 1.165) is 30.9 Å². The molecule has 21 heavy (non-hydrogen) atoms. The highest BCUT2D eigenvalue weighted by atomic mass is 19.1. The Hall–Kier alpha value is -1.13. The molecule has 3 nitrogen and oxygen atoms in total. The van der Waals surface area contributed by atoms with E-state index in [1.807, 2.05) is 6.07 Å². The largest absolute Gasteiger partial charge is 0.487 e. The lowest BCUT2D eigenvalue weighted by Gasteiger charge is -2.27. The van der Waals surface area contributed by atoms with E-state index in [1.165, 1.54) is 12.8 Å². The van der Waals surface area contributed by atoms with E-state index >= 15 is 0 Å². The highest BCUT2D eigenvalue weighted by Crippen LogP contribution is 2.28. The van der Waals surface area contributed by atoms with E-state index in [9.17, 15) is 4.39 Å². The van der Waals surface area contributed by atoms with Crippen molar-refractivity contribution in [1.82, 2.24) is 5.32 Å². The molecule has 1 aromatic carbocycles. The van der Waals surface area contributed by atoms with Crippen molar-refractivity contribution in [3.8, 4) is 5.75 Å². The first-order valence-electron chi connectivity index (χ1n) is 7.83. The Morgan fingerprint density at radius 2 is 2.00 bits per heavy atom. The van der Waals surface area contributed by atoms with Gasteiger partial charge in [-0.3, -0.25) is 0 Å². The average Bonchev–Trinajstić information content (AvgIpc) is 2.48. The van der Waals surface area contributed by atoms with Crippen molar-refractivity contribution in [3.63, 3.8) is 0 Å². The highest BCUT2D eigenvalue weighted by molar-refractivity contribution is 5.29. The summed E-state index contributed by atoms with van der Waals surface area (Å²) >= 11 is 0. The minimum absolute atomic E-state index is 0.168. The zero-order valence-corrected chi connectivity index (χ0v) is 13.0. The second-order valence-corrected chi connectivity index (χ2v) is 5.93. The number of rotatable bonds is 7. The first kappa shape index (κ1) is 16.2. The molecule has 0 unspecified atom stereocenters. The maximum Gasteiger partial charge on any atom is 0.165 e. The molecule has 0 saturated heterocycles. The minimum Gasteiger partial charge on any atom is -0.487 e. The monoisotopic (exact) mass is 295 g/mol. The number of ether oxygens (including phenoxy) is 2. The topological polar surface area (TPSA) is 30.5 Å². The van der Waals surface area contributed by atoms with Crippen molar-refractivity contribution in [2.75, 3.05) is 20.3 Å². The van der Waals surface area contributed by atoms with Gasteiger partial charge in [0.1, 0.15) is 0 Å². The summed E-state index contributed by atoms with van der Waals surface area (Å²) < 4.78 is 24.9.